The van der Waals surface area contributed by atoms with Crippen LogP contribution in [0.5, 0.6) is 0 Å². The normalized spacial score (nSPS) is 23.7. The fraction of sp³-hybridized carbons (Fsp3) is 0.524. The molecular formula is C21H28ClN5O2S. The quantitative estimate of drug-likeness (QED) is 0.609. The molecule has 0 aromatic heterocycles. The van der Waals surface area contributed by atoms with Gasteiger partial charge in [-0.05, 0) is 87.1 Å². The minimum atomic E-state index is -3.33. The molecule has 9 heteroatoms. The Balaban J connectivity index is 0.00000256. The molecule has 1 aromatic rings. The van der Waals surface area contributed by atoms with E-state index in [0.29, 0.717) is 0 Å². The second-order valence-electron chi connectivity index (χ2n) is 8.30. The molecule has 1 aliphatic heterocycles. The number of amides is 2. The van der Waals surface area contributed by atoms with Crippen molar-refractivity contribution in [3.05, 3.63) is 39.8 Å². The predicted molar refractivity (Wildman–Crippen MR) is 121 cm³/mol. The minimum absolute atomic E-state index is 0. The molecule has 0 radical (unpaired) electrons. The topological polar surface area (TPSA) is 106 Å². The highest BCUT2D eigenvalue weighted by molar-refractivity contribution is 7.95. The van der Waals surface area contributed by atoms with E-state index in [1.165, 1.54) is 27.7 Å². The van der Waals surface area contributed by atoms with E-state index in [0.717, 1.165) is 63.6 Å². The van der Waals surface area contributed by atoms with Crippen molar-refractivity contribution in [3.8, 4) is 6.19 Å². The van der Waals surface area contributed by atoms with E-state index in [4.69, 9.17) is 5.26 Å². The molecule has 0 spiro atoms. The molecule has 0 bridgehead atoms. The van der Waals surface area contributed by atoms with Gasteiger partial charge < -0.3 is 10.6 Å². The maximum atomic E-state index is 13.1. The molecule has 30 heavy (non-hydrogen) atoms. The van der Waals surface area contributed by atoms with Gasteiger partial charge >= 0.3 is 6.03 Å². The molecule has 4 rings (SSSR count). The first-order valence-electron chi connectivity index (χ1n) is 10.3. The minimum Gasteiger partial charge on any atom is -0.308 e. The Kier molecular flexibility index (Phi) is 6.75. The van der Waals surface area contributed by atoms with Crippen LogP contribution in [0.2, 0.25) is 0 Å². The van der Waals surface area contributed by atoms with Gasteiger partial charge in [0.2, 0.25) is 6.19 Å². The molecule has 7 nitrogen and oxygen atoms in total. The summed E-state index contributed by atoms with van der Waals surface area (Å²) in [5.74, 6) is 0. The number of aryl methyl sites for hydroxylation is 2. The van der Waals surface area contributed by atoms with Gasteiger partial charge in [0.05, 0.1) is 0 Å². The first-order valence-corrected chi connectivity index (χ1v) is 11.8. The van der Waals surface area contributed by atoms with Gasteiger partial charge in [-0.25, -0.2) is 13.7 Å². The van der Waals surface area contributed by atoms with E-state index in [1.54, 1.807) is 12.3 Å². The zero-order chi connectivity index (χ0) is 20.5. The number of carbonyl (C=O) groups is 1. The Morgan fingerprint density at radius 1 is 1.23 bits per heavy atom. The van der Waals surface area contributed by atoms with Gasteiger partial charge in [-0.3, -0.25) is 0 Å². The summed E-state index contributed by atoms with van der Waals surface area (Å²) in [5, 5.41) is 16.6. The lowest BCUT2D eigenvalue weighted by atomic mass is 9.99. The average molecular weight is 450 g/mol. The van der Waals surface area contributed by atoms with E-state index in [9.17, 15) is 9.00 Å². The van der Waals surface area contributed by atoms with Crippen molar-refractivity contribution in [1.82, 2.24) is 10.0 Å². The smallest absolute Gasteiger partial charge is 0.308 e. The lowest BCUT2D eigenvalue weighted by Gasteiger charge is -2.20. The van der Waals surface area contributed by atoms with E-state index in [2.05, 4.69) is 25.8 Å². The molecule has 1 unspecified atom stereocenters. The first-order chi connectivity index (χ1) is 13.9. The maximum Gasteiger partial charge on any atom is 0.331 e. The van der Waals surface area contributed by atoms with E-state index >= 15 is 0 Å². The fourth-order valence-corrected chi connectivity index (χ4v) is 5.79. The highest BCUT2D eigenvalue weighted by Crippen LogP contribution is 2.38. The highest BCUT2D eigenvalue weighted by Gasteiger charge is 2.27. The summed E-state index contributed by atoms with van der Waals surface area (Å²) < 4.78 is 19.0. The lowest BCUT2D eigenvalue weighted by molar-refractivity contribution is 0.257. The van der Waals surface area contributed by atoms with Crippen LogP contribution in [0.4, 0.5) is 10.5 Å². The van der Waals surface area contributed by atoms with E-state index in [1.807, 2.05) is 6.92 Å². The average Bonchev–Trinajstić information content (AvgIpc) is 3.41. The van der Waals surface area contributed by atoms with Crippen LogP contribution < -0.4 is 15.4 Å². The van der Waals surface area contributed by atoms with Gasteiger partial charge in [-0.2, -0.15) is 5.26 Å². The van der Waals surface area contributed by atoms with Gasteiger partial charge in [-0.15, -0.1) is 12.4 Å². The third-order valence-electron chi connectivity index (χ3n) is 6.15. The molecule has 3 aliphatic rings. The number of rotatable bonds is 4. The molecular weight excluding hydrogens is 422 g/mol. The third kappa shape index (κ3) is 4.64. The molecule has 3 N–H and O–H groups in total. The molecule has 1 saturated heterocycles. The Hall–Kier alpha value is -2.08. The van der Waals surface area contributed by atoms with Crippen LogP contribution >= 0.6 is 12.4 Å². The number of nitrogens with zero attached hydrogens (tertiary/aromatic N) is 2. The second-order valence-corrected chi connectivity index (χ2v) is 10.1. The number of anilines is 1. The van der Waals surface area contributed by atoms with Crippen LogP contribution in [0.25, 0.3) is 0 Å². The van der Waals surface area contributed by atoms with Gasteiger partial charge in [0.1, 0.15) is 0 Å². The van der Waals surface area contributed by atoms with Gasteiger partial charge in [0.15, 0.2) is 9.92 Å². The summed E-state index contributed by atoms with van der Waals surface area (Å²) in [6.07, 6.45) is 11.4. The Bertz CT molecular complexity index is 999. The molecule has 2 aliphatic carbocycles. The zero-order valence-corrected chi connectivity index (χ0v) is 18.8. The molecule has 162 valence electrons. The van der Waals surface area contributed by atoms with Gasteiger partial charge in [-0.1, -0.05) is 16.5 Å². The number of nitriles is 1. The molecule has 2 atom stereocenters. The fourth-order valence-electron chi connectivity index (χ4n) is 4.69. The maximum absolute atomic E-state index is 13.1. The Labute approximate surface area is 184 Å². The van der Waals surface area contributed by atoms with Gasteiger partial charge in [0.25, 0.3) is 0 Å². The van der Waals surface area contributed by atoms with Crippen molar-refractivity contribution in [2.24, 2.45) is 4.36 Å². The SMILES string of the molecule is C[C@]1(/C=C/S(=O)(=NC#N)NC(=O)Nc2c3c(cc4c2CCC4)CCC3)CCCN1.Cl. The van der Waals surface area contributed by atoms with Crippen molar-refractivity contribution in [1.29, 1.82) is 5.26 Å². The standard InChI is InChI=1S/C21H27N5O2S.ClH/c1-21(9-4-11-23-21)10-12-29(28,24-14-22)26-20(27)25-19-17-7-2-5-15(17)13-16-6-3-8-18(16)19;/h10,12-13,23H,2-9,11H2,1H3,(H2,24,25,26,27,28);1H/b12-10+;/t21-,29?;/m1./s1. The van der Waals surface area contributed by atoms with Crippen LogP contribution in [0.1, 0.15) is 54.9 Å². The summed E-state index contributed by atoms with van der Waals surface area (Å²) in [6.45, 7) is 2.88. The number of halogens is 1. The van der Waals surface area contributed by atoms with Crippen molar-refractivity contribution in [2.75, 3.05) is 11.9 Å². The summed E-state index contributed by atoms with van der Waals surface area (Å²) >= 11 is 0. The molecule has 1 fully saturated rings. The molecule has 1 aromatic carbocycles. The van der Waals surface area contributed by atoms with Gasteiger partial charge in [0, 0.05) is 16.6 Å². The number of hydrogen-bond donors (Lipinski definition) is 3. The van der Waals surface area contributed by atoms with Crippen LogP contribution in [-0.4, -0.2) is 22.3 Å². The first kappa shape index (κ1) is 22.6. The summed E-state index contributed by atoms with van der Waals surface area (Å²) in [5.41, 5.74) is 5.59. The monoisotopic (exact) mass is 449 g/mol. The largest absolute Gasteiger partial charge is 0.331 e. The van der Waals surface area contributed by atoms with Crippen LogP contribution in [-0.2, 0) is 35.6 Å². The van der Waals surface area contributed by atoms with E-state index in [-0.39, 0.29) is 17.9 Å². The number of hydrogen-bond acceptors (Lipinski definition) is 5. The molecule has 1 heterocycles. The lowest BCUT2D eigenvalue weighted by Crippen LogP contribution is -2.36. The molecule has 2 amide bonds. The van der Waals surface area contributed by atoms with Crippen LogP contribution in [0.15, 0.2) is 21.9 Å². The van der Waals surface area contributed by atoms with Crippen molar-refractivity contribution in [3.63, 3.8) is 0 Å². The van der Waals surface area contributed by atoms with Crippen LogP contribution in [0.3, 0.4) is 0 Å². The number of fused-ring (bicyclic) bond motifs is 2. The zero-order valence-electron chi connectivity index (χ0n) is 17.1. The molecule has 0 saturated carbocycles. The number of carbonyl (C=O) groups excluding carboxylic acids is 1. The Morgan fingerprint density at radius 3 is 2.47 bits per heavy atom. The van der Waals surface area contributed by atoms with Crippen molar-refractivity contribution < 1.29 is 9.00 Å². The highest BCUT2D eigenvalue weighted by atomic mass is 35.5. The summed E-state index contributed by atoms with van der Waals surface area (Å²) in [4.78, 5) is 12.8. The third-order valence-corrected chi connectivity index (χ3v) is 7.48. The van der Waals surface area contributed by atoms with Crippen molar-refractivity contribution >= 4 is 34.0 Å². The van der Waals surface area contributed by atoms with Crippen LogP contribution in [0, 0.1) is 11.5 Å². The number of urea groups is 1. The van der Waals surface area contributed by atoms with Crippen molar-refractivity contribution in [2.45, 2.75) is 63.8 Å². The number of benzene rings is 1. The van der Waals surface area contributed by atoms with E-state index < -0.39 is 15.9 Å². The second kappa shape index (κ2) is 8.96. The predicted octanol–water partition coefficient (Wildman–Crippen LogP) is 3.73. The summed E-state index contributed by atoms with van der Waals surface area (Å²) in [7, 11) is -3.33. The Morgan fingerprint density at radius 2 is 1.90 bits per heavy atom. The number of nitrogens with one attached hydrogen (secondary N) is 3. The summed E-state index contributed by atoms with van der Waals surface area (Å²) in [6, 6.07) is 1.71.